The third-order valence-corrected chi connectivity index (χ3v) is 4.10. The van der Waals surface area contributed by atoms with E-state index in [1.165, 1.54) is 14.2 Å². The quantitative estimate of drug-likeness (QED) is 0.450. The van der Waals surface area contributed by atoms with Crippen LogP contribution in [0.15, 0.2) is 54.2 Å². The summed E-state index contributed by atoms with van der Waals surface area (Å²) in [4.78, 5) is 36.8. The molecule has 0 amide bonds. The fourth-order valence-corrected chi connectivity index (χ4v) is 2.70. The van der Waals surface area contributed by atoms with Crippen molar-refractivity contribution in [2.24, 2.45) is 0 Å². The Balaban J connectivity index is 2.08. The van der Waals surface area contributed by atoms with Crippen molar-refractivity contribution >= 4 is 23.4 Å². The number of fused-ring (bicyclic) bond motifs is 1. The van der Waals surface area contributed by atoms with E-state index in [-0.39, 0.29) is 22.7 Å². The Kier molecular flexibility index (Phi) is 6.13. The second kappa shape index (κ2) is 8.92. The van der Waals surface area contributed by atoms with Gasteiger partial charge in [0.05, 0.1) is 26.0 Å². The van der Waals surface area contributed by atoms with Crippen molar-refractivity contribution in [3.05, 3.63) is 65.4 Å². The van der Waals surface area contributed by atoms with Crippen LogP contribution in [-0.2, 0) is 19.1 Å². The summed E-state index contributed by atoms with van der Waals surface area (Å²) in [6, 6.07) is 11.7. The molecule has 1 N–H and O–H groups in total. The van der Waals surface area contributed by atoms with Crippen LogP contribution in [0.25, 0.3) is 0 Å². The van der Waals surface area contributed by atoms with Gasteiger partial charge in [-0.15, -0.1) is 0 Å². The van der Waals surface area contributed by atoms with Crippen LogP contribution in [0.3, 0.4) is 0 Å². The van der Waals surface area contributed by atoms with Crippen LogP contribution >= 0.6 is 0 Å². The number of rotatable bonds is 6. The number of methoxy groups -OCH3 is 2. The van der Waals surface area contributed by atoms with Crippen molar-refractivity contribution in [1.29, 1.82) is 0 Å². The number of esters is 2. The molecule has 0 aliphatic carbocycles. The molecule has 8 nitrogen and oxygen atoms in total. The van der Waals surface area contributed by atoms with Crippen molar-refractivity contribution in [3.8, 4) is 11.5 Å². The standard InChI is InChI=1S/C21H19NO7/c1-26-19(23)12-16(21(25)27-2)22-15-11-18-17(28-8-9-29-18)10-14(15)20(24)13-6-4-3-5-7-13/h3-7,10-12,22H,8-9H2,1-2H3/b16-12+. The normalized spacial score (nSPS) is 12.7. The minimum atomic E-state index is -0.802. The maximum atomic E-state index is 13.1. The first-order chi connectivity index (χ1) is 14.0. The van der Waals surface area contributed by atoms with E-state index in [0.29, 0.717) is 30.3 Å². The van der Waals surface area contributed by atoms with Gasteiger partial charge in [0.15, 0.2) is 17.3 Å². The highest BCUT2D eigenvalue weighted by atomic mass is 16.6. The van der Waals surface area contributed by atoms with Gasteiger partial charge in [-0.25, -0.2) is 9.59 Å². The summed E-state index contributed by atoms with van der Waals surface area (Å²) in [5.41, 5.74) is 0.741. The summed E-state index contributed by atoms with van der Waals surface area (Å²) in [6.45, 7) is 0.703. The Bertz CT molecular complexity index is 966. The highest BCUT2D eigenvalue weighted by Gasteiger charge is 2.23. The van der Waals surface area contributed by atoms with Crippen LogP contribution in [-0.4, -0.2) is 45.2 Å². The number of benzene rings is 2. The molecule has 0 spiro atoms. The van der Waals surface area contributed by atoms with Crippen LogP contribution in [0.1, 0.15) is 15.9 Å². The molecule has 2 aromatic rings. The maximum Gasteiger partial charge on any atom is 0.354 e. The number of hydrogen-bond acceptors (Lipinski definition) is 8. The molecular formula is C21H19NO7. The van der Waals surface area contributed by atoms with Crippen molar-refractivity contribution in [2.75, 3.05) is 32.8 Å². The Morgan fingerprint density at radius 3 is 2.24 bits per heavy atom. The smallest absolute Gasteiger partial charge is 0.354 e. The van der Waals surface area contributed by atoms with Crippen molar-refractivity contribution < 1.29 is 33.3 Å². The first-order valence-corrected chi connectivity index (χ1v) is 8.72. The van der Waals surface area contributed by atoms with Gasteiger partial charge < -0.3 is 24.3 Å². The fraction of sp³-hybridized carbons (Fsp3) is 0.190. The van der Waals surface area contributed by atoms with Gasteiger partial charge in [-0.1, -0.05) is 30.3 Å². The van der Waals surface area contributed by atoms with E-state index in [1.807, 2.05) is 0 Å². The van der Waals surface area contributed by atoms with E-state index in [4.69, 9.17) is 14.2 Å². The highest BCUT2D eigenvalue weighted by Crippen LogP contribution is 2.37. The molecule has 0 saturated carbocycles. The molecule has 0 saturated heterocycles. The van der Waals surface area contributed by atoms with Crippen LogP contribution in [0, 0.1) is 0 Å². The van der Waals surface area contributed by atoms with Crippen LogP contribution in [0.4, 0.5) is 5.69 Å². The molecule has 0 aromatic heterocycles. The van der Waals surface area contributed by atoms with E-state index in [1.54, 1.807) is 42.5 Å². The Hall–Kier alpha value is -3.81. The number of nitrogens with one attached hydrogen (secondary N) is 1. The predicted molar refractivity (Wildman–Crippen MR) is 103 cm³/mol. The zero-order chi connectivity index (χ0) is 20.8. The summed E-state index contributed by atoms with van der Waals surface area (Å²) < 4.78 is 20.4. The van der Waals surface area contributed by atoms with E-state index < -0.39 is 11.9 Å². The summed E-state index contributed by atoms with van der Waals surface area (Å²) in [5, 5.41) is 2.79. The zero-order valence-corrected chi connectivity index (χ0v) is 15.9. The molecule has 0 bridgehead atoms. The van der Waals surface area contributed by atoms with Gasteiger partial charge in [-0.05, 0) is 6.07 Å². The summed E-state index contributed by atoms with van der Waals surface area (Å²) in [5.74, 6) is -1.04. The number of ketones is 1. The lowest BCUT2D eigenvalue weighted by Gasteiger charge is -2.21. The van der Waals surface area contributed by atoms with Gasteiger partial charge in [0.2, 0.25) is 0 Å². The number of carbonyl (C=O) groups excluding carboxylic acids is 3. The second-order valence-corrected chi connectivity index (χ2v) is 5.93. The lowest BCUT2D eigenvalue weighted by Crippen LogP contribution is -2.19. The lowest BCUT2D eigenvalue weighted by atomic mass is 10.0. The molecular weight excluding hydrogens is 378 g/mol. The Morgan fingerprint density at radius 1 is 0.966 bits per heavy atom. The average Bonchev–Trinajstić information content (AvgIpc) is 2.77. The van der Waals surface area contributed by atoms with Gasteiger partial charge in [0.1, 0.15) is 18.9 Å². The van der Waals surface area contributed by atoms with Crippen molar-refractivity contribution in [3.63, 3.8) is 0 Å². The van der Waals surface area contributed by atoms with Crippen molar-refractivity contribution in [2.45, 2.75) is 0 Å². The second-order valence-electron chi connectivity index (χ2n) is 5.93. The zero-order valence-electron chi connectivity index (χ0n) is 15.9. The molecule has 0 radical (unpaired) electrons. The number of hydrogen-bond donors (Lipinski definition) is 1. The Labute approximate surface area is 167 Å². The summed E-state index contributed by atoms with van der Waals surface area (Å²) in [6.07, 6.45) is 0.944. The molecule has 8 heteroatoms. The molecule has 0 fully saturated rings. The van der Waals surface area contributed by atoms with Crippen LogP contribution in [0.5, 0.6) is 11.5 Å². The third-order valence-electron chi connectivity index (χ3n) is 4.10. The largest absolute Gasteiger partial charge is 0.486 e. The fourth-order valence-electron chi connectivity index (χ4n) is 2.70. The monoisotopic (exact) mass is 397 g/mol. The molecule has 0 unspecified atom stereocenters. The number of carbonyl (C=O) groups is 3. The minimum Gasteiger partial charge on any atom is -0.486 e. The van der Waals surface area contributed by atoms with Gasteiger partial charge >= 0.3 is 11.9 Å². The molecule has 3 rings (SSSR count). The number of anilines is 1. The van der Waals surface area contributed by atoms with E-state index in [2.05, 4.69) is 10.1 Å². The topological polar surface area (TPSA) is 100 Å². The van der Waals surface area contributed by atoms with Gasteiger partial charge in [-0.2, -0.15) is 0 Å². The molecule has 1 heterocycles. The van der Waals surface area contributed by atoms with Crippen LogP contribution in [0.2, 0.25) is 0 Å². The molecule has 1 aliphatic heterocycles. The molecule has 0 atom stereocenters. The van der Waals surface area contributed by atoms with Gasteiger partial charge in [-0.3, -0.25) is 4.79 Å². The van der Waals surface area contributed by atoms with E-state index >= 15 is 0 Å². The third kappa shape index (κ3) is 4.55. The van der Waals surface area contributed by atoms with Crippen molar-refractivity contribution in [1.82, 2.24) is 0 Å². The lowest BCUT2D eigenvalue weighted by molar-refractivity contribution is -0.138. The molecule has 150 valence electrons. The molecule has 2 aromatic carbocycles. The maximum absolute atomic E-state index is 13.1. The first kappa shape index (κ1) is 19.9. The Morgan fingerprint density at radius 2 is 1.62 bits per heavy atom. The summed E-state index contributed by atoms with van der Waals surface area (Å²) >= 11 is 0. The van der Waals surface area contributed by atoms with E-state index in [0.717, 1.165) is 6.08 Å². The number of ether oxygens (including phenoxy) is 4. The predicted octanol–water partition coefficient (Wildman–Crippen LogP) is 2.33. The average molecular weight is 397 g/mol. The van der Waals surface area contributed by atoms with E-state index in [9.17, 15) is 14.4 Å². The summed E-state index contributed by atoms with van der Waals surface area (Å²) in [7, 11) is 2.36. The SMILES string of the molecule is COC(=O)/C=C(/Nc1cc2c(cc1C(=O)c1ccccc1)OCCO2)C(=O)OC. The first-order valence-electron chi connectivity index (χ1n) is 8.72. The minimum absolute atomic E-state index is 0.196. The molecule has 29 heavy (non-hydrogen) atoms. The van der Waals surface area contributed by atoms with Crippen LogP contribution < -0.4 is 14.8 Å². The van der Waals surface area contributed by atoms with Gasteiger partial charge in [0.25, 0.3) is 0 Å². The highest BCUT2D eigenvalue weighted by molar-refractivity contribution is 6.13. The van der Waals surface area contributed by atoms with Gasteiger partial charge in [0, 0.05) is 17.2 Å². The molecule has 1 aliphatic rings.